The number of oxazole rings is 1. The number of nitrogens with one attached hydrogen (secondary N) is 1. The molecule has 3 heterocycles. The highest BCUT2D eigenvalue weighted by Crippen LogP contribution is 2.21. The van der Waals surface area contributed by atoms with Gasteiger partial charge in [0.15, 0.2) is 6.39 Å². The molecule has 0 aromatic carbocycles. The molecule has 2 aromatic heterocycles. The Labute approximate surface area is 143 Å². The van der Waals surface area contributed by atoms with Crippen LogP contribution in [0.2, 0.25) is 0 Å². The molecule has 0 amide bonds. The highest BCUT2D eigenvalue weighted by Gasteiger charge is 2.22. The van der Waals surface area contributed by atoms with E-state index in [2.05, 4.69) is 50.8 Å². The van der Waals surface area contributed by atoms with Crippen LogP contribution >= 0.6 is 0 Å². The zero-order valence-corrected chi connectivity index (χ0v) is 14.7. The first kappa shape index (κ1) is 16.7. The van der Waals surface area contributed by atoms with Crippen LogP contribution in [0, 0.1) is 0 Å². The molecule has 130 valence electrons. The van der Waals surface area contributed by atoms with Crippen LogP contribution in [0.3, 0.4) is 0 Å². The lowest BCUT2D eigenvalue weighted by Crippen LogP contribution is -2.46. The Morgan fingerprint density at radius 2 is 2.00 bits per heavy atom. The van der Waals surface area contributed by atoms with Crippen molar-refractivity contribution in [3.63, 3.8) is 0 Å². The Morgan fingerprint density at radius 3 is 2.71 bits per heavy atom. The summed E-state index contributed by atoms with van der Waals surface area (Å²) in [5, 5.41) is 3.24. The molecule has 1 saturated heterocycles. The van der Waals surface area contributed by atoms with Gasteiger partial charge in [0, 0.05) is 51.4 Å². The van der Waals surface area contributed by atoms with Crippen LogP contribution in [0.5, 0.6) is 0 Å². The lowest BCUT2D eigenvalue weighted by atomic mass is 10.1. The summed E-state index contributed by atoms with van der Waals surface area (Å²) in [7, 11) is 0. The van der Waals surface area contributed by atoms with E-state index in [1.165, 1.54) is 0 Å². The average molecular weight is 330 g/mol. The van der Waals surface area contributed by atoms with Crippen molar-refractivity contribution < 1.29 is 4.42 Å². The highest BCUT2D eigenvalue weighted by atomic mass is 16.3. The van der Waals surface area contributed by atoms with Gasteiger partial charge >= 0.3 is 0 Å². The van der Waals surface area contributed by atoms with E-state index < -0.39 is 0 Å². The second-order valence-electron chi connectivity index (χ2n) is 6.35. The van der Waals surface area contributed by atoms with Crippen LogP contribution in [-0.4, -0.2) is 52.6 Å². The molecule has 1 aliphatic heterocycles. The predicted molar refractivity (Wildman–Crippen MR) is 94.3 cm³/mol. The number of aromatic nitrogens is 3. The van der Waals surface area contributed by atoms with Crippen molar-refractivity contribution in [2.24, 2.45) is 0 Å². The highest BCUT2D eigenvalue weighted by molar-refractivity contribution is 5.41. The number of rotatable bonds is 6. The van der Waals surface area contributed by atoms with Crippen LogP contribution in [0.1, 0.15) is 38.1 Å². The summed E-state index contributed by atoms with van der Waals surface area (Å²) >= 11 is 0. The summed E-state index contributed by atoms with van der Waals surface area (Å²) in [6.07, 6.45) is 3.37. The van der Waals surface area contributed by atoms with Crippen molar-refractivity contribution >= 4 is 11.8 Å². The van der Waals surface area contributed by atoms with Gasteiger partial charge in [0.05, 0.1) is 5.69 Å². The summed E-state index contributed by atoms with van der Waals surface area (Å²) in [5.41, 5.74) is 1.06. The largest absolute Gasteiger partial charge is 0.448 e. The minimum absolute atomic E-state index is 0.367. The summed E-state index contributed by atoms with van der Waals surface area (Å²) in [4.78, 5) is 18.0. The Hall–Kier alpha value is -2.15. The Balaban J connectivity index is 1.57. The number of hydrogen-bond acceptors (Lipinski definition) is 7. The molecule has 0 atom stereocenters. The molecule has 0 radical (unpaired) electrons. The third-order valence-corrected chi connectivity index (χ3v) is 4.23. The lowest BCUT2D eigenvalue weighted by Gasteiger charge is -2.34. The molecular formula is C17H26N6O. The maximum absolute atomic E-state index is 5.52. The maximum atomic E-state index is 5.52. The molecule has 7 heteroatoms. The van der Waals surface area contributed by atoms with Crippen molar-refractivity contribution in [1.82, 2.24) is 19.9 Å². The van der Waals surface area contributed by atoms with Crippen LogP contribution in [-0.2, 0) is 6.54 Å². The first-order valence-electron chi connectivity index (χ1n) is 8.63. The molecule has 1 N–H and O–H groups in total. The molecule has 0 bridgehead atoms. The molecule has 1 aliphatic rings. The van der Waals surface area contributed by atoms with E-state index in [9.17, 15) is 0 Å². The molecule has 0 saturated carbocycles. The third kappa shape index (κ3) is 3.84. The van der Waals surface area contributed by atoms with Gasteiger partial charge in [0.2, 0.25) is 5.95 Å². The van der Waals surface area contributed by atoms with Crippen molar-refractivity contribution in [3.05, 3.63) is 30.1 Å². The molecular weight excluding hydrogens is 304 g/mol. The average Bonchev–Trinajstić information content (AvgIpc) is 3.05. The van der Waals surface area contributed by atoms with E-state index in [0.29, 0.717) is 5.92 Å². The number of anilines is 2. The fourth-order valence-corrected chi connectivity index (χ4v) is 2.96. The van der Waals surface area contributed by atoms with E-state index >= 15 is 0 Å². The monoisotopic (exact) mass is 330 g/mol. The topological polar surface area (TPSA) is 70.3 Å². The normalized spacial score (nSPS) is 15.9. The van der Waals surface area contributed by atoms with E-state index in [-0.39, 0.29) is 0 Å². The Bertz CT molecular complexity index is 648. The molecule has 1 fully saturated rings. The minimum atomic E-state index is 0.367. The minimum Gasteiger partial charge on any atom is -0.448 e. The van der Waals surface area contributed by atoms with Crippen molar-refractivity contribution in [1.29, 1.82) is 0 Å². The first-order valence-corrected chi connectivity index (χ1v) is 8.63. The fourth-order valence-electron chi connectivity index (χ4n) is 2.96. The van der Waals surface area contributed by atoms with Gasteiger partial charge in [0.25, 0.3) is 0 Å². The van der Waals surface area contributed by atoms with Crippen LogP contribution in [0.15, 0.2) is 23.1 Å². The quantitative estimate of drug-likeness (QED) is 0.871. The standard InChI is InChI=1S/C17H26N6O/c1-4-18-15-5-6-19-17(21-15)23-9-7-22(8-10-23)11-14-16(13(2)3)24-12-20-14/h5-6,12-13H,4,7-11H2,1-3H3,(H,18,19,21). The lowest BCUT2D eigenvalue weighted by molar-refractivity contribution is 0.244. The van der Waals surface area contributed by atoms with Gasteiger partial charge in [-0.15, -0.1) is 0 Å². The zero-order chi connectivity index (χ0) is 16.9. The maximum Gasteiger partial charge on any atom is 0.227 e. The van der Waals surface area contributed by atoms with Crippen LogP contribution < -0.4 is 10.2 Å². The summed E-state index contributed by atoms with van der Waals surface area (Å²) in [6, 6.07) is 1.90. The van der Waals surface area contributed by atoms with Crippen molar-refractivity contribution in [2.75, 3.05) is 42.9 Å². The van der Waals surface area contributed by atoms with Crippen molar-refractivity contribution in [2.45, 2.75) is 33.2 Å². The van der Waals surface area contributed by atoms with E-state index in [1.807, 2.05) is 12.3 Å². The van der Waals surface area contributed by atoms with E-state index in [1.54, 1.807) is 6.39 Å². The second-order valence-corrected chi connectivity index (χ2v) is 6.35. The van der Waals surface area contributed by atoms with Gasteiger partial charge in [0.1, 0.15) is 11.6 Å². The molecule has 0 aliphatic carbocycles. The summed E-state index contributed by atoms with van der Waals surface area (Å²) in [5.74, 6) is 3.05. The third-order valence-electron chi connectivity index (χ3n) is 4.23. The fraction of sp³-hybridized carbons (Fsp3) is 0.588. The van der Waals surface area contributed by atoms with Gasteiger partial charge in [-0.3, -0.25) is 4.90 Å². The smallest absolute Gasteiger partial charge is 0.227 e. The Morgan fingerprint density at radius 1 is 1.21 bits per heavy atom. The molecule has 2 aromatic rings. The summed E-state index contributed by atoms with van der Waals surface area (Å²) in [6.45, 7) is 11.8. The van der Waals surface area contributed by atoms with Gasteiger partial charge in [-0.25, -0.2) is 9.97 Å². The number of piperazine rings is 1. The number of nitrogens with zero attached hydrogens (tertiary/aromatic N) is 5. The Kier molecular flexibility index (Phi) is 5.30. The van der Waals surface area contributed by atoms with E-state index in [0.717, 1.165) is 62.5 Å². The molecule has 7 nitrogen and oxygen atoms in total. The number of hydrogen-bond donors (Lipinski definition) is 1. The van der Waals surface area contributed by atoms with Gasteiger partial charge in [-0.05, 0) is 13.0 Å². The van der Waals surface area contributed by atoms with E-state index in [4.69, 9.17) is 4.42 Å². The second kappa shape index (κ2) is 7.61. The van der Waals surface area contributed by atoms with Crippen molar-refractivity contribution in [3.8, 4) is 0 Å². The molecule has 0 unspecified atom stereocenters. The first-order chi connectivity index (χ1) is 11.7. The molecule has 3 rings (SSSR count). The summed E-state index contributed by atoms with van der Waals surface area (Å²) < 4.78 is 5.52. The predicted octanol–water partition coefficient (Wildman–Crippen LogP) is 2.34. The SMILES string of the molecule is CCNc1ccnc(N2CCN(Cc3ncoc3C(C)C)CC2)n1. The van der Waals surface area contributed by atoms with Gasteiger partial charge in [-0.1, -0.05) is 13.8 Å². The molecule has 0 spiro atoms. The van der Waals surface area contributed by atoms with Gasteiger partial charge < -0.3 is 14.6 Å². The molecule has 24 heavy (non-hydrogen) atoms. The van der Waals surface area contributed by atoms with Crippen LogP contribution in [0.25, 0.3) is 0 Å². The van der Waals surface area contributed by atoms with Gasteiger partial charge in [-0.2, -0.15) is 4.98 Å². The zero-order valence-electron chi connectivity index (χ0n) is 14.7. The van der Waals surface area contributed by atoms with Crippen LogP contribution in [0.4, 0.5) is 11.8 Å².